The smallest absolute Gasteiger partial charge is 0.396 e. The second-order valence-corrected chi connectivity index (χ2v) is 11.5. The average Bonchev–Trinajstić information content (AvgIpc) is 3.62. The molecular formula is C33H36F3N9O3. The highest BCUT2D eigenvalue weighted by Gasteiger charge is 2.34. The molecule has 1 amide bonds. The SMILES string of the molecule is CCN1C(=O)CN(CCCCCOCC(CO)Cc2ccc(C#N)c(C(F)(F)F)c2)c2ncc(-c3ccc(-c4ncn[nH]4)nc3C)nc21. The Labute approximate surface area is 275 Å². The molecule has 12 nitrogen and oxygen atoms in total. The predicted octanol–water partition coefficient (Wildman–Crippen LogP) is 4.73. The van der Waals surface area contributed by atoms with Gasteiger partial charge < -0.3 is 14.7 Å². The maximum atomic E-state index is 13.3. The zero-order valence-electron chi connectivity index (χ0n) is 26.7. The number of benzene rings is 1. The van der Waals surface area contributed by atoms with Crippen molar-refractivity contribution in [3.05, 3.63) is 65.2 Å². The summed E-state index contributed by atoms with van der Waals surface area (Å²) in [6.07, 6.45) is 0.973. The van der Waals surface area contributed by atoms with Crippen molar-refractivity contribution in [3.8, 4) is 28.8 Å². The zero-order chi connectivity index (χ0) is 34.3. The lowest BCUT2D eigenvalue weighted by Crippen LogP contribution is -2.47. The third kappa shape index (κ3) is 7.95. The van der Waals surface area contributed by atoms with Crippen molar-refractivity contribution in [3.63, 3.8) is 0 Å². The molecule has 0 saturated carbocycles. The number of rotatable bonds is 14. The van der Waals surface area contributed by atoms with Gasteiger partial charge in [-0.15, -0.1) is 0 Å². The number of aliphatic hydroxyl groups is 1. The molecule has 1 aliphatic heterocycles. The van der Waals surface area contributed by atoms with Crippen LogP contribution in [0.1, 0.15) is 48.6 Å². The number of aromatic amines is 1. The van der Waals surface area contributed by atoms with Crippen LogP contribution in [0, 0.1) is 24.2 Å². The molecule has 252 valence electrons. The number of aromatic nitrogens is 6. The summed E-state index contributed by atoms with van der Waals surface area (Å²) in [5, 5.41) is 25.5. The van der Waals surface area contributed by atoms with Gasteiger partial charge in [-0.2, -0.15) is 23.5 Å². The topological polar surface area (TPSA) is 157 Å². The van der Waals surface area contributed by atoms with Gasteiger partial charge >= 0.3 is 6.18 Å². The predicted molar refractivity (Wildman–Crippen MR) is 171 cm³/mol. The van der Waals surface area contributed by atoms with Gasteiger partial charge in [-0.25, -0.2) is 19.9 Å². The second-order valence-electron chi connectivity index (χ2n) is 11.5. The van der Waals surface area contributed by atoms with Crippen LogP contribution in [-0.4, -0.2) is 80.6 Å². The summed E-state index contributed by atoms with van der Waals surface area (Å²) < 4.78 is 45.7. The lowest BCUT2D eigenvalue weighted by atomic mass is 9.96. The number of nitriles is 1. The number of hydrogen-bond acceptors (Lipinski definition) is 10. The minimum absolute atomic E-state index is 0.0602. The molecule has 3 aromatic heterocycles. The van der Waals surface area contributed by atoms with Gasteiger partial charge in [0.15, 0.2) is 17.5 Å². The molecule has 5 rings (SSSR count). The highest BCUT2D eigenvalue weighted by atomic mass is 19.4. The van der Waals surface area contributed by atoms with Gasteiger partial charge in [0.1, 0.15) is 12.0 Å². The van der Waals surface area contributed by atoms with E-state index in [1.165, 1.54) is 12.4 Å². The molecule has 0 saturated heterocycles. The van der Waals surface area contributed by atoms with Crippen molar-refractivity contribution < 1.29 is 27.8 Å². The Morgan fingerprint density at radius 1 is 1.10 bits per heavy atom. The van der Waals surface area contributed by atoms with Crippen LogP contribution in [0.2, 0.25) is 0 Å². The van der Waals surface area contributed by atoms with E-state index in [-0.39, 0.29) is 38.0 Å². The summed E-state index contributed by atoms with van der Waals surface area (Å²) in [6, 6.07) is 8.90. The van der Waals surface area contributed by atoms with Crippen LogP contribution in [0.25, 0.3) is 22.8 Å². The molecule has 1 atom stereocenters. The van der Waals surface area contributed by atoms with Gasteiger partial charge in [0, 0.05) is 43.5 Å². The summed E-state index contributed by atoms with van der Waals surface area (Å²) in [5.41, 5.74) is 1.76. The molecule has 0 bridgehead atoms. The molecule has 1 aromatic carbocycles. The number of nitrogens with zero attached hydrogens (tertiary/aromatic N) is 8. The number of carbonyl (C=O) groups is 1. The fourth-order valence-corrected chi connectivity index (χ4v) is 5.65. The number of ether oxygens (including phenoxy) is 1. The number of unbranched alkanes of at least 4 members (excludes halogenated alkanes) is 2. The number of aryl methyl sites for hydroxylation is 1. The number of H-pyrrole nitrogens is 1. The summed E-state index contributed by atoms with van der Waals surface area (Å²) in [7, 11) is 0. The minimum Gasteiger partial charge on any atom is -0.396 e. The Kier molecular flexibility index (Phi) is 11.0. The van der Waals surface area contributed by atoms with Crippen molar-refractivity contribution in [2.45, 2.75) is 45.7 Å². The average molecular weight is 664 g/mol. The molecule has 4 aromatic rings. The normalized spacial score (nSPS) is 13.8. The van der Waals surface area contributed by atoms with E-state index in [1.807, 2.05) is 30.9 Å². The third-order valence-electron chi connectivity index (χ3n) is 8.12. The van der Waals surface area contributed by atoms with Crippen LogP contribution in [-0.2, 0) is 22.1 Å². The monoisotopic (exact) mass is 663 g/mol. The maximum Gasteiger partial charge on any atom is 0.417 e. The van der Waals surface area contributed by atoms with Crippen LogP contribution in [0.5, 0.6) is 0 Å². The van der Waals surface area contributed by atoms with Crippen LogP contribution in [0.3, 0.4) is 0 Å². The molecule has 4 heterocycles. The molecule has 15 heteroatoms. The van der Waals surface area contributed by atoms with Crippen LogP contribution in [0.15, 0.2) is 42.9 Å². The summed E-state index contributed by atoms with van der Waals surface area (Å²) in [5.74, 6) is 1.27. The van der Waals surface area contributed by atoms with E-state index >= 15 is 0 Å². The molecule has 0 spiro atoms. The largest absolute Gasteiger partial charge is 0.417 e. The van der Waals surface area contributed by atoms with Crippen LogP contribution in [0.4, 0.5) is 24.8 Å². The van der Waals surface area contributed by atoms with Crippen molar-refractivity contribution in [1.82, 2.24) is 30.1 Å². The molecule has 0 fully saturated rings. The van der Waals surface area contributed by atoms with E-state index in [0.717, 1.165) is 42.7 Å². The van der Waals surface area contributed by atoms with Gasteiger partial charge in [-0.05, 0) is 69.4 Å². The van der Waals surface area contributed by atoms with Crippen molar-refractivity contribution in [1.29, 1.82) is 5.26 Å². The van der Waals surface area contributed by atoms with Gasteiger partial charge in [-0.1, -0.05) is 6.07 Å². The van der Waals surface area contributed by atoms with Crippen molar-refractivity contribution in [2.24, 2.45) is 5.92 Å². The molecular weight excluding hydrogens is 627 g/mol. The number of nitrogens with one attached hydrogen (secondary N) is 1. The fourth-order valence-electron chi connectivity index (χ4n) is 5.65. The first kappa shape index (κ1) is 34.4. The highest BCUT2D eigenvalue weighted by Crippen LogP contribution is 2.34. The standard InChI is InChI=1S/C33H36F3N9O3/c1-3-45-29(47)17-44(31-32(45)42-28(16-38-31)25-9-10-27(41-21(25)2)30-39-20-40-43-30)11-5-4-6-12-48-19-23(18-46)13-22-7-8-24(15-37)26(14-22)33(34,35)36/h7-10,14,16,20,23,46H,3-6,11-13,17-19H2,1-2H3,(H,39,40,43). The Morgan fingerprint density at radius 3 is 2.62 bits per heavy atom. The molecule has 0 aliphatic carbocycles. The number of fused-ring (bicyclic) bond motifs is 1. The number of hydrogen-bond donors (Lipinski definition) is 2. The van der Waals surface area contributed by atoms with Gasteiger partial charge in [0.05, 0.1) is 42.2 Å². The second kappa shape index (κ2) is 15.3. The number of halogens is 3. The molecule has 1 aliphatic rings. The van der Waals surface area contributed by atoms with Gasteiger partial charge in [0.2, 0.25) is 5.91 Å². The van der Waals surface area contributed by atoms with E-state index in [0.29, 0.717) is 54.1 Å². The van der Waals surface area contributed by atoms with E-state index in [4.69, 9.17) is 20.0 Å². The van der Waals surface area contributed by atoms with Gasteiger partial charge in [0.25, 0.3) is 0 Å². The number of likely N-dealkylation sites (N-methyl/N-ethyl adjacent to an activating group) is 1. The number of aliphatic hydroxyl groups excluding tert-OH is 1. The van der Waals surface area contributed by atoms with E-state index in [2.05, 4.69) is 20.2 Å². The maximum absolute atomic E-state index is 13.3. The lowest BCUT2D eigenvalue weighted by Gasteiger charge is -2.35. The first-order valence-electron chi connectivity index (χ1n) is 15.7. The first-order valence-corrected chi connectivity index (χ1v) is 15.7. The molecule has 2 N–H and O–H groups in total. The van der Waals surface area contributed by atoms with E-state index in [9.17, 15) is 23.1 Å². The summed E-state index contributed by atoms with van der Waals surface area (Å²) in [6.45, 7) is 5.39. The van der Waals surface area contributed by atoms with Crippen molar-refractivity contribution >= 4 is 17.5 Å². The number of carbonyl (C=O) groups excluding carboxylic acids is 1. The first-order chi connectivity index (χ1) is 23.1. The Balaban J connectivity index is 1.13. The quantitative estimate of drug-likeness (QED) is 0.181. The number of anilines is 2. The fraction of sp³-hybridized carbons (Fsp3) is 0.424. The number of amides is 1. The Morgan fingerprint density at radius 2 is 1.94 bits per heavy atom. The highest BCUT2D eigenvalue weighted by molar-refractivity contribution is 6.01. The van der Waals surface area contributed by atoms with Crippen LogP contribution < -0.4 is 9.80 Å². The zero-order valence-corrected chi connectivity index (χ0v) is 26.7. The molecule has 48 heavy (non-hydrogen) atoms. The minimum atomic E-state index is -4.63. The Bertz CT molecular complexity index is 1760. The van der Waals surface area contributed by atoms with E-state index < -0.39 is 17.3 Å². The molecule has 0 radical (unpaired) electrons. The lowest BCUT2D eigenvalue weighted by molar-refractivity contribution is -0.137. The number of alkyl halides is 3. The number of pyridine rings is 1. The van der Waals surface area contributed by atoms with E-state index in [1.54, 1.807) is 17.2 Å². The summed E-state index contributed by atoms with van der Waals surface area (Å²) in [4.78, 5) is 35.0. The van der Waals surface area contributed by atoms with Gasteiger partial charge in [-0.3, -0.25) is 14.8 Å². The van der Waals surface area contributed by atoms with Crippen LogP contribution >= 0.6 is 0 Å². The Hall–Kier alpha value is -4.94. The summed E-state index contributed by atoms with van der Waals surface area (Å²) >= 11 is 0. The molecule has 1 unspecified atom stereocenters. The third-order valence-corrected chi connectivity index (χ3v) is 8.12. The van der Waals surface area contributed by atoms with Crippen molar-refractivity contribution in [2.75, 3.05) is 49.3 Å².